The Morgan fingerprint density at radius 1 is 1.67 bits per heavy atom. The van der Waals surface area contributed by atoms with Gasteiger partial charge in [0, 0.05) is 6.42 Å². The monoisotopic (exact) mass is 130 g/mol. The summed E-state index contributed by atoms with van der Waals surface area (Å²) in [5.41, 5.74) is 0. The molecule has 0 aromatic rings. The van der Waals surface area contributed by atoms with Crippen LogP contribution in [0.5, 0.6) is 0 Å². The summed E-state index contributed by atoms with van der Waals surface area (Å²) in [6, 6.07) is 0. The summed E-state index contributed by atoms with van der Waals surface area (Å²) in [5, 5.41) is 2.29. The molecule has 2 nitrogen and oxygen atoms in total. The highest BCUT2D eigenvalue weighted by Crippen LogP contribution is 1.98. The van der Waals surface area contributed by atoms with Gasteiger partial charge in [0.25, 0.3) is 0 Å². The van der Waals surface area contributed by atoms with E-state index in [0.29, 0.717) is 0 Å². The van der Waals surface area contributed by atoms with Crippen LogP contribution in [-0.2, 0) is 0 Å². The Balaban J connectivity index is 2.14. The summed E-state index contributed by atoms with van der Waals surface area (Å²) in [6.45, 7) is 4.11. The summed E-state index contributed by atoms with van der Waals surface area (Å²) in [4.78, 5) is 1.71. The maximum Gasteiger partial charge on any atom is 0.0854 e. The molecule has 1 aliphatic heterocycles. The lowest BCUT2D eigenvalue weighted by Crippen LogP contribution is -3.07. The van der Waals surface area contributed by atoms with Gasteiger partial charge in [-0.15, -0.1) is 0 Å². The first-order chi connectivity index (χ1) is 4.33. The van der Waals surface area contributed by atoms with E-state index in [0.717, 1.165) is 5.92 Å². The zero-order chi connectivity index (χ0) is 6.69. The van der Waals surface area contributed by atoms with Crippen LogP contribution in [0.4, 0.5) is 0 Å². The Labute approximate surface area is 57.2 Å². The molecular formula is C7H18N2+2. The Bertz CT molecular complexity index is 81.0. The lowest BCUT2D eigenvalue weighted by atomic mass is 10.1. The minimum absolute atomic E-state index is 0.995. The van der Waals surface area contributed by atoms with Crippen molar-refractivity contribution in [3.63, 3.8) is 0 Å². The molecule has 2 atom stereocenters. The molecule has 9 heavy (non-hydrogen) atoms. The second kappa shape index (κ2) is 3.18. The predicted molar refractivity (Wildman–Crippen MR) is 37.4 cm³/mol. The van der Waals surface area contributed by atoms with Gasteiger partial charge in [-0.3, -0.25) is 0 Å². The van der Waals surface area contributed by atoms with E-state index in [1.54, 1.807) is 4.90 Å². The van der Waals surface area contributed by atoms with E-state index in [1.807, 2.05) is 0 Å². The Kier molecular flexibility index (Phi) is 2.49. The maximum atomic E-state index is 2.29. The van der Waals surface area contributed by atoms with Gasteiger partial charge in [-0.25, -0.2) is 0 Å². The van der Waals surface area contributed by atoms with E-state index < -0.39 is 0 Å². The van der Waals surface area contributed by atoms with Crippen molar-refractivity contribution in [2.45, 2.75) is 6.42 Å². The lowest BCUT2D eigenvalue weighted by Gasteiger charge is -2.03. The third kappa shape index (κ3) is 1.95. The second-order valence-corrected chi connectivity index (χ2v) is 3.21. The molecule has 2 heteroatoms. The summed E-state index contributed by atoms with van der Waals surface area (Å²) in [7, 11) is 4.45. The number of quaternary nitrogens is 2. The Morgan fingerprint density at radius 3 is 2.89 bits per heavy atom. The highest BCUT2D eigenvalue weighted by molar-refractivity contribution is 4.58. The van der Waals surface area contributed by atoms with Crippen molar-refractivity contribution >= 4 is 0 Å². The highest BCUT2D eigenvalue weighted by Gasteiger charge is 2.23. The normalized spacial score (nSPS) is 35.3. The fourth-order valence-corrected chi connectivity index (χ4v) is 1.68. The third-order valence-corrected chi connectivity index (χ3v) is 2.19. The maximum absolute atomic E-state index is 2.29. The van der Waals surface area contributed by atoms with Gasteiger partial charge in [0.15, 0.2) is 0 Å². The largest absolute Gasteiger partial charge is 0.348 e. The van der Waals surface area contributed by atoms with E-state index in [1.165, 1.54) is 26.1 Å². The topological polar surface area (TPSA) is 21.1 Å². The first-order valence-electron chi connectivity index (χ1n) is 3.92. The number of hydrogen-bond donors (Lipinski definition) is 2. The average molecular weight is 130 g/mol. The van der Waals surface area contributed by atoms with E-state index in [9.17, 15) is 0 Å². The van der Waals surface area contributed by atoms with E-state index >= 15 is 0 Å². The number of nitrogens with one attached hydrogen (secondary N) is 1. The zero-order valence-corrected chi connectivity index (χ0v) is 6.48. The SMILES string of the molecule is C[NH2+]C[C@H]1CC[NH+](C)C1. The minimum Gasteiger partial charge on any atom is -0.348 e. The molecule has 0 amide bonds. The summed E-state index contributed by atoms with van der Waals surface area (Å²) in [5.74, 6) is 0.995. The number of nitrogens with two attached hydrogens (primary N) is 1. The highest BCUT2D eigenvalue weighted by atomic mass is 15.1. The Morgan fingerprint density at radius 2 is 2.44 bits per heavy atom. The Hall–Kier alpha value is -0.0800. The fraction of sp³-hybridized carbons (Fsp3) is 1.00. The standard InChI is InChI=1S/C7H16N2/c1-8-5-7-3-4-9(2)6-7/h7-8H,3-6H2,1-2H3/p+2/t7-/m1/s1. The lowest BCUT2D eigenvalue weighted by molar-refractivity contribution is -0.868. The molecule has 1 unspecified atom stereocenters. The van der Waals surface area contributed by atoms with Gasteiger partial charge in [-0.05, 0) is 0 Å². The van der Waals surface area contributed by atoms with E-state index in [-0.39, 0.29) is 0 Å². The van der Waals surface area contributed by atoms with Gasteiger partial charge in [-0.1, -0.05) is 0 Å². The van der Waals surface area contributed by atoms with Crippen LogP contribution >= 0.6 is 0 Å². The molecule has 1 saturated heterocycles. The van der Waals surface area contributed by atoms with Crippen molar-refractivity contribution < 1.29 is 10.2 Å². The molecule has 0 aromatic carbocycles. The summed E-state index contributed by atoms with van der Waals surface area (Å²) >= 11 is 0. The van der Waals surface area contributed by atoms with Gasteiger partial charge in [0.05, 0.1) is 39.6 Å². The predicted octanol–water partition coefficient (Wildman–Crippen LogP) is -2.29. The van der Waals surface area contributed by atoms with Crippen LogP contribution in [0.3, 0.4) is 0 Å². The molecular weight excluding hydrogens is 112 g/mol. The molecule has 1 heterocycles. The molecule has 0 aliphatic carbocycles. The van der Waals surface area contributed by atoms with E-state index in [4.69, 9.17) is 0 Å². The summed E-state index contributed by atoms with van der Waals surface area (Å²) < 4.78 is 0. The van der Waals surface area contributed by atoms with E-state index in [2.05, 4.69) is 19.4 Å². The van der Waals surface area contributed by atoms with Crippen molar-refractivity contribution in [3.8, 4) is 0 Å². The fourth-order valence-electron chi connectivity index (χ4n) is 1.68. The van der Waals surface area contributed by atoms with Crippen molar-refractivity contribution in [3.05, 3.63) is 0 Å². The number of hydrogen-bond acceptors (Lipinski definition) is 0. The van der Waals surface area contributed by atoms with Crippen LogP contribution in [0.15, 0.2) is 0 Å². The van der Waals surface area contributed by atoms with Crippen molar-refractivity contribution in [1.82, 2.24) is 0 Å². The smallest absolute Gasteiger partial charge is 0.0854 e. The van der Waals surface area contributed by atoms with Crippen LogP contribution < -0.4 is 10.2 Å². The molecule has 1 fully saturated rings. The molecule has 0 bridgehead atoms. The second-order valence-electron chi connectivity index (χ2n) is 3.21. The molecule has 1 aliphatic rings. The van der Waals surface area contributed by atoms with Crippen LogP contribution in [0.1, 0.15) is 6.42 Å². The molecule has 0 aromatic heterocycles. The first-order valence-corrected chi connectivity index (χ1v) is 3.92. The van der Waals surface area contributed by atoms with Gasteiger partial charge < -0.3 is 10.2 Å². The molecule has 0 spiro atoms. The quantitative estimate of drug-likeness (QED) is 0.420. The number of likely N-dealkylation sites (tertiary alicyclic amines) is 1. The number of rotatable bonds is 2. The minimum atomic E-state index is 0.995. The summed E-state index contributed by atoms with van der Waals surface area (Å²) in [6.07, 6.45) is 1.44. The van der Waals surface area contributed by atoms with Gasteiger partial charge in [0.1, 0.15) is 0 Å². The van der Waals surface area contributed by atoms with Crippen molar-refractivity contribution in [2.24, 2.45) is 5.92 Å². The molecule has 3 N–H and O–H groups in total. The van der Waals surface area contributed by atoms with Gasteiger partial charge >= 0.3 is 0 Å². The third-order valence-electron chi connectivity index (χ3n) is 2.19. The first kappa shape index (κ1) is 7.03. The van der Waals surface area contributed by atoms with Crippen LogP contribution in [0, 0.1) is 5.92 Å². The zero-order valence-electron chi connectivity index (χ0n) is 6.48. The molecule has 54 valence electrons. The molecule has 0 radical (unpaired) electrons. The molecule has 0 saturated carbocycles. The van der Waals surface area contributed by atoms with Crippen molar-refractivity contribution in [1.29, 1.82) is 0 Å². The van der Waals surface area contributed by atoms with Crippen LogP contribution in [0.2, 0.25) is 0 Å². The van der Waals surface area contributed by atoms with Gasteiger partial charge in [0.2, 0.25) is 0 Å². The van der Waals surface area contributed by atoms with Crippen molar-refractivity contribution in [2.75, 3.05) is 33.7 Å². The van der Waals surface area contributed by atoms with Crippen LogP contribution in [-0.4, -0.2) is 33.7 Å². The molecule has 1 rings (SSSR count). The van der Waals surface area contributed by atoms with Gasteiger partial charge in [-0.2, -0.15) is 0 Å². The average Bonchev–Trinajstić information content (AvgIpc) is 2.17. The van der Waals surface area contributed by atoms with Crippen LogP contribution in [0.25, 0.3) is 0 Å².